The highest BCUT2D eigenvalue weighted by molar-refractivity contribution is 5.84. The summed E-state index contributed by atoms with van der Waals surface area (Å²) in [5, 5.41) is 4.59. The van der Waals surface area contributed by atoms with Gasteiger partial charge in [0.25, 0.3) is 0 Å². The van der Waals surface area contributed by atoms with Crippen molar-refractivity contribution in [3.63, 3.8) is 0 Å². The molecule has 27 heavy (non-hydrogen) atoms. The first-order valence-electron chi connectivity index (χ1n) is 9.56. The maximum Gasteiger partial charge on any atom is 0.142 e. The topological polar surface area (TPSA) is 39.1 Å². The second-order valence-electron chi connectivity index (χ2n) is 7.40. The lowest BCUT2D eigenvalue weighted by molar-refractivity contribution is 0.0358. The molecule has 0 saturated carbocycles. The number of halogens is 1. The minimum atomic E-state index is -0.423. The van der Waals surface area contributed by atoms with E-state index in [0.717, 1.165) is 36.4 Å². The molecule has 5 heteroatoms. The molecular weight excluding hydrogens is 341 g/mol. The van der Waals surface area contributed by atoms with Crippen molar-refractivity contribution in [1.29, 1.82) is 0 Å². The van der Waals surface area contributed by atoms with Crippen molar-refractivity contribution in [1.82, 2.24) is 9.55 Å². The highest BCUT2D eigenvalue weighted by Crippen LogP contribution is 2.33. The van der Waals surface area contributed by atoms with Gasteiger partial charge in [-0.3, -0.25) is 0 Å². The molecule has 0 fully saturated rings. The summed E-state index contributed by atoms with van der Waals surface area (Å²) in [6.07, 6.45) is 2.81. The van der Waals surface area contributed by atoms with Gasteiger partial charge in [0, 0.05) is 30.2 Å². The SMILES string of the molecule is Cc1ccc(Nc2ccc3c4c(n(C)c3n2)CCC(OCCF)C4)cc1C. The zero-order chi connectivity index (χ0) is 19.0. The molecule has 1 aliphatic carbocycles. The number of anilines is 2. The molecule has 0 saturated heterocycles. The van der Waals surface area contributed by atoms with Gasteiger partial charge in [0.15, 0.2) is 0 Å². The Labute approximate surface area is 159 Å². The van der Waals surface area contributed by atoms with E-state index in [1.54, 1.807) is 0 Å². The normalized spacial score (nSPS) is 16.5. The van der Waals surface area contributed by atoms with Gasteiger partial charge in [-0.1, -0.05) is 6.07 Å². The van der Waals surface area contributed by atoms with Crippen molar-refractivity contribution in [3.8, 4) is 0 Å². The third-order valence-corrected chi connectivity index (χ3v) is 5.62. The first kappa shape index (κ1) is 18.0. The number of alkyl halides is 1. The number of ether oxygens (including phenoxy) is 1. The van der Waals surface area contributed by atoms with E-state index >= 15 is 0 Å². The van der Waals surface area contributed by atoms with Crippen LogP contribution in [0.15, 0.2) is 30.3 Å². The highest BCUT2D eigenvalue weighted by Gasteiger charge is 2.25. The van der Waals surface area contributed by atoms with Crippen molar-refractivity contribution >= 4 is 22.5 Å². The quantitative estimate of drug-likeness (QED) is 0.705. The molecule has 4 rings (SSSR count). The van der Waals surface area contributed by atoms with Crippen LogP contribution in [0.1, 0.15) is 28.8 Å². The van der Waals surface area contributed by atoms with E-state index in [-0.39, 0.29) is 12.7 Å². The largest absolute Gasteiger partial charge is 0.375 e. The summed E-state index contributed by atoms with van der Waals surface area (Å²) in [5.74, 6) is 0.842. The van der Waals surface area contributed by atoms with Crippen LogP contribution in [0.3, 0.4) is 0 Å². The fourth-order valence-corrected chi connectivity index (χ4v) is 3.99. The van der Waals surface area contributed by atoms with Gasteiger partial charge in [-0.25, -0.2) is 9.37 Å². The molecule has 4 nitrogen and oxygen atoms in total. The predicted octanol–water partition coefficient (Wildman–Crippen LogP) is 4.78. The molecular formula is C22H26FN3O. The molecule has 0 bridgehead atoms. The van der Waals surface area contributed by atoms with E-state index in [4.69, 9.17) is 9.72 Å². The number of rotatable bonds is 5. The minimum Gasteiger partial charge on any atom is -0.375 e. The maximum absolute atomic E-state index is 12.4. The fraction of sp³-hybridized carbons (Fsp3) is 0.409. The number of nitrogens with zero attached hydrogens (tertiary/aromatic N) is 2. The molecule has 0 spiro atoms. The second kappa shape index (κ2) is 7.31. The van der Waals surface area contributed by atoms with Crippen LogP contribution in [0.5, 0.6) is 0 Å². The number of hydrogen-bond acceptors (Lipinski definition) is 3. The van der Waals surface area contributed by atoms with Crippen molar-refractivity contribution in [2.75, 3.05) is 18.6 Å². The molecule has 0 aliphatic heterocycles. The van der Waals surface area contributed by atoms with Crippen LogP contribution in [-0.4, -0.2) is 28.9 Å². The van der Waals surface area contributed by atoms with E-state index in [9.17, 15) is 4.39 Å². The van der Waals surface area contributed by atoms with E-state index in [1.807, 2.05) is 6.07 Å². The molecule has 1 aliphatic rings. The second-order valence-corrected chi connectivity index (χ2v) is 7.40. The summed E-state index contributed by atoms with van der Waals surface area (Å²) in [6.45, 7) is 3.99. The lowest BCUT2D eigenvalue weighted by atomic mass is 9.93. The van der Waals surface area contributed by atoms with Crippen LogP contribution in [0, 0.1) is 13.8 Å². The Morgan fingerprint density at radius 2 is 2.07 bits per heavy atom. The lowest BCUT2D eigenvalue weighted by Crippen LogP contribution is -2.23. The number of nitrogens with one attached hydrogen (secondary N) is 1. The van der Waals surface area contributed by atoms with Crippen molar-refractivity contribution < 1.29 is 9.13 Å². The van der Waals surface area contributed by atoms with E-state index < -0.39 is 6.67 Å². The average Bonchev–Trinajstić information content (AvgIpc) is 2.95. The van der Waals surface area contributed by atoms with Gasteiger partial charge >= 0.3 is 0 Å². The fourth-order valence-electron chi connectivity index (χ4n) is 3.99. The third kappa shape index (κ3) is 3.44. The first-order chi connectivity index (χ1) is 13.1. The summed E-state index contributed by atoms with van der Waals surface area (Å²) in [7, 11) is 2.08. The summed E-state index contributed by atoms with van der Waals surface area (Å²) in [6, 6.07) is 10.5. The van der Waals surface area contributed by atoms with Crippen LogP contribution < -0.4 is 5.32 Å². The lowest BCUT2D eigenvalue weighted by Gasteiger charge is -2.23. The third-order valence-electron chi connectivity index (χ3n) is 5.62. The number of fused-ring (bicyclic) bond motifs is 3. The van der Waals surface area contributed by atoms with E-state index in [2.05, 4.69) is 55.0 Å². The van der Waals surface area contributed by atoms with Gasteiger partial charge in [-0.05, 0) is 67.6 Å². The summed E-state index contributed by atoms with van der Waals surface area (Å²) in [4.78, 5) is 4.87. The van der Waals surface area contributed by atoms with Gasteiger partial charge in [-0.2, -0.15) is 0 Å². The van der Waals surface area contributed by atoms with Crippen LogP contribution in [0.4, 0.5) is 15.9 Å². The molecule has 1 unspecified atom stereocenters. The van der Waals surface area contributed by atoms with Gasteiger partial charge in [0.2, 0.25) is 0 Å². The first-order valence-corrected chi connectivity index (χ1v) is 9.56. The van der Waals surface area contributed by atoms with Crippen molar-refractivity contribution in [2.45, 2.75) is 39.2 Å². The monoisotopic (exact) mass is 367 g/mol. The average molecular weight is 367 g/mol. The molecule has 142 valence electrons. The Morgan fingerprint density at radius 3 is 2.85 bits per heavy atom. The van der Waals surface area contributed by atoms with Crippen molar-refractivity contribution in [2.24, 2.45) is 7.05 Å². The summed E-state index contributed by atoms with van der Waals surface area (Å²) < 4.78 is 20.3. The van der Waals surface area contributed by atoms with Gasteiger partial charge in [-0.15, -0.1) is 0 Å². The molecule has 3 aromatic rings. The van der Waals surface area contributed by atoms with Crippen LogP contribution in [0.25, 0.3) is 11.0 Å². The highest BCUT2D eigenvalue weighted by atomic mass is 19.1. The maximum atomic E-state index is 12.4. The molecule has 0 amide bonds. The van der Waals surface area contributed by atoms with Crippen LogP contribution >= 0.6 is 0 Å². The number of aromatic nitrogens is 2. The van der Waals surface area contributed by atoms with E-state index in [1.165, 1.54) is 27.8 Å². The van der Waals surface area contributed by atoms with Crippen LogP contribution in [-0.2, 0) is 24.6 Å². The number of pyridine rings is 1. The number of aryl methyl sites for hydroxylation is 3. The van der Waals surface area contributed by atoms with Gasteiger partial charge in [0.05, 0.1) is 12.7 Å². The molecule has 1 aromatic carbocycles. The molecule has 1 N–H and O–H groups in total. The van der Waals surface area contributed by atoms with E-state index in [0.29, 0.717) is 0 Å². The Hall–Kier alpha value is -2.40. The zero-order valence-corrected chi connectivity index (χ0v) is 16.2. The molecule has 0 radical (unpaired) electrons. The Morgan fingerprint density at radius 1 is 1.22 bits per heavy atom. The van der Waals surface area contributed by atoms with Crippen molar-refractivity contribution in [3.05, 3.63) is 52.7 Å². The smallest absolute Gasteiger partial charge is 0.142 e. The number of hydrogen-bond donors (Lipinski definition) is 1. The van der Waals surface area contributed by atoms with Gasteiger partial charge < -0.3 is 14.6 Å². The minimum absolute atomic E-state index is 0.104. The molecule has 2 aromatic heterocycles. The Kier molecular flexibility index (Phi) is 4.87. The summed E-state index contributed by atoms with van der Waals surface area (Å²) >= 11 is 0. The molecule has 1 atom stereocenters. The zero-order valence-electron chi connectivity index (χ0n) is 16.2. The molecule has 2 heterocycles. The number of benzene rings is 1. The summed E-state index contributed by atoms with van der Waals surface area (Å²) in [5.41, 5.74) is 7.19. The standard InChI is InChI=1S/C22H26FN3O/c1-14-4-5-16(12-15(14)2)24-21-9-7-18-19-13-17(27-11-10-23)6-8-20(19)26(3)22(18)25-21/h4-5,7,9,12,17H,6,8,10-11,13H2,1-3H3,(H,24,25). The van der Waals surface area contributed by atoms with Gasteiger partial charge in [0.1, 0.15) is 18.1 Å². The Bertz CT molecular complexity index is 979. The Balaban J connectivity index is 1.63. The predicted molar refractivity (Wildman–Crippen MR) is 108 cm³/mol. The van der Waals surface area contributed by atoms with Crippen LogP contribution in [0.2, 0.25) is 0 Å².